The fourth-order valence-corrected chi connectivity index (χ4v) is 1.84. The second-order valence-corrected chi connectivity index (χ2v) is 4.79. The molecule has 0 saturated heterocycles. The van der Waals surface area contributed by atoms with Gasteiger partial charge in [-0.15, -0.1) is 0 Å². The van der Waals surface area contributed by atoms with Gasteiger partial charge in [0.25, 0.3) is 5.91 Å². The number of nitrogens with one attached hydrogen (secondary N) is 1. The normalized spacial score (nSPS) is 10.1. The van der Waals surface area contributed by atoms with Crippen LogP contribution in [0, 0.1) is 0 Å². The molecule has 0 aliphatic carbocycles. The molecular formula is C12H9BrClN3O. The maximum Gasteiger partial charge on any atom is 0.274 e. The van der Waals surface area contributed by atoms with Gasteiger partial charge >= 0.3 is 0 Å². The van der Waals surface area contributed by atoms with E-state index in [0.717, 1.165) is 0 Å². The number of halogens is 2. The lowest BCUT2D eigenvalue weighted by molar-refractivity contribution is 0.102. The number of nitrogens with zero attached hydrogens (tertiary/aromatic N) is 1. The molecule has 1 amide bonds. The molecular weight excluding hydrogens is 318 g/mol. The lowest BCUT2D eigenvalue weighted by Crippen LogP contribution is -2.14. The Labute approximate surface area is 117 Å². The average Bonchev–Trinajstić information content (AvgIpc) is 2.34. The van der Waals surface area contributed by atoms with Crippen molar-refractivity contribution in [1.29, 1.82) is 0 Å². The number of aromatic nitrogens is 1. The summed E-state index contributed by atoms with van der Waals surface area (Å²) in [4.78, 5) is 15.8. The first kappa shape index (κ1) is 12.9. The first-order valence-corrected chi connectivity index (χ1v) is 6.22. The molecule has 0 spiro atoms. The van der Waals surface area contributed by atoms with Gasteiger partial charge < -0.3 is 11.1 Å². The number of pyridine rings is 1. The first-order valence-electron chi connectivity index (χ1n) is 5.05. The minimum Gasteiger partial charge on any atom is -0.384 e. The van der Waals surface area contributed by atoms with Gasteiger partial charge in [0.1, 0.15) is 11.5 Å². The van der Waals surface area contributed by atoms with Crippen LogP contribution in [0.3, 0.4) is 0 Å². The second kappa shape index (κ2) is 5.37. The molecule has 92 valence electrons. The van der Waals surface area contributed by atoms with Crippen molar-refractivity contribution in [2.45, 2.75) is 0 Å². The van der Waals surface area contributed by atoms with Gasteiger partial charge in [-0.05, 0) is 46.3 Å². The van der Waals surface area contributed by atoms with Crippen LogP contribution in [0.5, 0.6) is 0 Å². The zero-order valence-electron chi connectivity index (χ0n) is 9.15. The summed E-state index contributed by atoms with van der Waals surface area (Å²) in [6, 6.07) is 10.00. The Bertz CT molecular complexity index is 604. The van der Waals surface area contributed by atoms with E-state index in [2.05, 4.69) is 26.2 Å². The van der Waals surface area contributed by atoms with E-state index in [-0.39, 0.29) is 11.6 Å². The molecule has 0 aliphatic rings. The van der Waals surface area contributed by atoms with Crippen molar-refractivity contribution in [3.63, 3.8) is 0 Å². The van der Waals surface area contributed by atoms with Crippen molar-refractivity contribution in [2.75, 3.05) is 11.1 Å². The summed E-state index contributed by atoms with van der Waals surface area (Å²) in [6.07, 6.45) is 0. The number of benzene rings is 1. The van der Waals surface area contributed by atoms with E-state index in [0.29, 0.717) is 21.0 Å². The molecule has 0 fully saturated rings. The highest BCUT2D eigenvalue weighted by atomic mass is 79.9. The number of anilines is 2. The molecule has 1 aromatic heterocycles. The highest BCUT2D eigenvalue weighted by molar-refractivity contribution is 9.10. The van der Waals surface area contributed by atoms with E-state index in [1.54, 1.807) is 36.4 Å². The van der Waals surface area contributed by atoms with Crippen LogP contribution in [0.25, 0.3) is 0 Å². The summed E-state index contributed by atoms with van der Waals surface area (Å²) in [7, 11) is 0. The molecule has 0 saturated carbocycles. The first-order chi connectivity index (χ1) is 8.56. The van der Waals surface area contributed by atoms with Gasteiger partial charge in [-0.3, -0.25) is 4.79 Å². The Hall–Kier alpha value is -1.59. The van der Waals surface area contributed by atoms with Crippen LogP contribution < -0.4 is 11.1 Å². The van der Waals surface area contributed by atoms with Crippen LogP contribution in [0.15, 0.2) is 40.9 Å². The van der Waals surface area contributed by atoms with Crippen LogP contribution in [0.4, 0.5) is 11.5 Å². The maximum atomic E-state index is 11.9. The number of amides is 1. The largest absolute Gasteiger partial charge is 0.384 e. The van der Waals surface area contributed by atoms with Crippen molar-refractivity contribution in [3.05, 3.63) is 51.6 Å². The van der Waals surface area contributed by atoms with Crippen molar-refractivity contribution in [1.82, 2.24) is 4.98 Å². The summed E-state index contributed by atoms with van der Waals surface area (Å²) in [6.45, 7) is 0. The van der Waals surface area contributed by atoms with Crippen molar-refractivity contribution in [3.8, 4) is 0 Å². The number of hydrogen-bond donors (Lipinski definition) is 2. The fraction of sp³-hybridized carbons (Fsp3) is 0. The third kappa shape index (κ3) is 3.00. The molecule has 0 bridgehead atoms. The zero-order valence-corrected chi connectivity index (χ0v) is 11.5. The molecule has 2 aromatic rings. The third-order valence-corrected chi connectivity index (χ3v) is 3.39. The minimum atomic E-state index is -0.323. The molecule has 18 heavy (non-hydrogen) atoms. The number of nitrogens with two attached hydrogens (primary N) is 1. The van der Waals surface area contributed by atoms with Crippen molar-refractivity contribution >= 4 is 44.9 Å². The number of rotatable bonds is 2. The van der Waals surface area contributed by atoms with Crippen LogP contribution >= 0.6 is 27.5 Å². The quantitative estimate of drug-likeness (QED) is 0.889. The molecule has 1 heterocycles. The molecule has 1 aromatic carbocycles. The number of nitrogen functional groups attached to an aromatic ring is 1. The fourth-order valence-electron chi connectivity index (χ4n) is 1.35. The Morgan fingerprint density at radius 3 is 2.78 bits per heavy atom. The van der Waals surface area contributed by atoms with Gasteiger partial charge in [0.2, 0.25) is 0 Å². The SMILES string of the molecule is Nc1cccc(C(=O)Nc2ccc(Cl)c(Br)c2)n1. The smallest absolute Gasteiger partial charge is 0.274 e. The van der Waals surface area contributed by atoms with Gasteiger partial charge in [-0.1, -0.05) is 17.7 Å². The Morgan fingerprint density at radius 2 is 2.11 bits per heavy atom. The Balaban J connectivity index is 2.18. The van der Waals surface area contributed by atoms with Gasteiger partial charge in [0.05, 0.1) is 5.02 Å². The topological polar surface area (TPSA) is 68.0 Å². The van der Waals surface area contributed by atoms with E-state index >= 15 is 0 Å². The number of carbonyl (C=O) groups is 1. The van der Waals surface area contributed by atoms with Crippen LogP contribution in [-0.2, 0) is 0 Å². The summed E-state index contributed by atoms with van der Waals surface area (Å²) >= 11 is 9.15. The van der Waals surface area contributed by atoms with Crippen LogP contribution in [0.2, 0.25) is 5.02 Å². The lowest BCUT2D eigenvalue weighted by Gasteiger charge is -2.06. The number of carbonyl (C=O) groups excluding carboxylic acids is 1. The zero-order chi connectivity index (χ0) is 13.1. The van der Waals surface area contributed by atoms with Gasteiger partial charge in [0.15, 0.2) is 0 Å². The van der Waals surface area contributed by atoms with E-state index in [1.807, 2.05) is 0 Å². The standard InChI is InChI=1S/C12H9BrClN3O/c13-8-6-7(4-5-9(8)14)16-12(18)10-2-1-3-11(15)17-10/h1-6H,(H2,15,17)(H,16,18). The summed E-state index contributed by atoms with van der Waals surface area (Å²) < 4.78 is 0.711. The van der Waals surface area contributed by atoms with E-state index in [9.17, 15) is 4.79 Å². The lowest BCUT2D eigenvalue weighted by atomic mass is 10.3. The van der Waals surface area contributed by atoms with Gasteiger partial charge in [0, 0.05) is 10.2 Å². The molecule has 0 radical (unpaired) electrons. The van der Waals surface area contributed by atoms with Gasteiger partial charge in [-0.2, -0.15) is 0 Å². The molecule has 3 N–H and O–H groups in total. The number of hydrogen-bond acceptors (Lipinski definition) is 3. The average molecular weight is 327 g/mol. The second-order valence-electron chi connectivity index (χ2n) is 3.53. The Kier molecular flexibility index (Phi) is 3.84. The van der Waals surface area contributed by atoms with Crippen LogP contribution in [-0.4, -0.2) is 10.9 Å². The molecule has 4 nitrogen and oxygen atoms in total. The molecule has 0 unspecified atom stereocenters. The minimum absolute atomic E-state index is 0.265. The maximum absolute atomic E-state index is 11.9. The highest BCUT2D eigenvalue weighted by Gasteiger charge is 2.08. The highest BCUT2D eigenvalue weighted by Crippen LogP contribution is 2.25. The van der Waals surface area contributed by atoms with Crippen LogP contribution in [0.1, 0.15) is 10.5 Å². The van der Waals surface area contributed by atoms with E-state index in [4.69, 9.17) is 17.3 Å². The van der Waals surface area contributed by atoms with Crippen molar-refractivity contribution < 1.29 is 4.79 Å². The van der Waals surface area contributed by atoms with E-state index < -0.39 is 0 Å². The monoisotopic (exact) mass is 325 g/mol. The van der Waals surface area contributed by atoms with Gasteiger partial charge in [-0.25, -0.2) is 4.98 Å². The van der Waals surface area contributed by atoms with E-state index in [1.165, 1.54) is 0 Å². The summed E-state index contributed by atoms with van der Waals surface area (Å²) in [5.74, 6) is -0.0172. The molecule has 0 atom stereocenters. The molecule has 6 heteroatoms. The summed E-state index contributed by atoms with van der Waals surface area (Å²) in [5, 5.41) is 3.29. The molecule has 0 aliphatic heterocycles. The van der Waals surface area contributed by atoms with Crippen molar-refractivity contribution in [2.24, 2.45) is 0 Å². The predicted octanol–water partition coefficient (Wildman–Crippen LogP) is 3.33. The third-order valence-electron chi connectivity index (χ3n) is 2.18. The molecule has 2 rings (SSSR count). The Morgan fingerprint density at radius 1 is 1.33 bits per heavy atom. The summed E-state index contributed by atoms with van der Waals surface area (Å²) in [5.41, 5.74) is 6.41. The predicted molar refractivity (Wildman–Crippen MR) is 75.8 cm³/mol.